The Labute approximate surface area is 268 Å². The summed E-state index contributed by atoms with van der Waals surface area (Å²) in [5.74, 6) is 5.55. The van der Waals surface area contributed by atoms with Gasteiger partial charge in [-0.25, -0.2) is 4.79 Å². The van der Waals surface area contributed by atoms with Crippen LogP contribution in [-0.2, 0) is 28.2 Å². The Hall–Kier alpha value is -2.21. The lowest BCUT2D eigenvalue weighted by atomic mass is 9.91. The van der Waals surface area contributed by atoms with Gasteiger partial charge in [-0.15, -0.1) is 0 Å². The van der Waals surface area contributed by atoms with Crippen molar-refractivity contribution >= 4 is 14.3 Å². The summed E-state index contributed by atoms with van der Waals surface area (Å²) in [5, 5.41) is 0.0707. The minimum absolute atomic E-state index is 0.0361. The summed E-state index contributed by atoms with van der Waals surface area (Å²) in [4.78, 5) is 13.0. The van der Waals surface area contributed by atoms with Crippen LogP contribution in [0.1, 0.15) is 79.6 Å². The molecule has 0 amide bonds. The van der Waals surface area contributed by atoms with Crippen LogP contribution < -0.4 is 0 Å². The lowest BCUT2D eigenvalue weighted by molar-refractivity contribution is -0.146. The normalized spacial score (nSPS) is 30.5. The Kier molecular flexibility index (Phi) is 13.9. The Morgan fingerprint density at radius 3 is 2.59 bits per heavy atom. The lowest BCUT2D eigenvalue weighted by Gasteiger charge is -2.39. The molecule has 7 heteroatoms. The van der Waals surface area contributed by atoms with Gasteiger partial charge in [0, 0.05) is 25.9 Å². The summed E-state index contributed by atoms with van der Waals surface area (Å²) in [6, 6.07) is 0. The molecule has 0 radical (unpaired) electrons. The van der Waals surface area contributed by atoms with E-state index in [1.807, 2.05) is 18.2 Å². The Morgan fingerprint density at radius 1 is 1.14 bits per heavy atom. The third kappa shape index (κ3) is 11.9. The second-order valence-corrected chi connectivity index (χ2v) is 19.0. The van der Waals surface area contributed by atoms with Crippen LogP contribution in [0.3, 0.4) is 0 Å². The van der Waals surface area contributed by atoms with Crippen LogP contribution in [0.2, 0.25) is 18.1 Å². The number of carbonyl (C=O) groups excluding carboxylic acids is 1. The molecule has 0 aromatic heterocycles. The topological polar surface area (TPSA) is 63.2 Å². The van der Waals surface area contributed by atoms with Gasteiger partial charge in [0.1, 0.15) is 12.2 Å². The zero-order chi connectivity index (χ0) is 32.3. The molecule has 0 aromatic carbocycles. The van der Waals surface area contributed by atoms with E-state index in [0.717, 1.165) is 32.1 Å². The molecule has 1 unspecified atom stereocenters. The van der Waals surface area contributed by atoms with Gasteiger partial charge in [0.2, 0.25) is 0 Å². The lowest BCUT2D eigenvalue weighted by Crippen LogP contribution is -2.43. The Balaban J connectivity index is 1.88. The van der Waals surface area contributed by atoms with E-state index in [1.54, 1.807) is 7.11 Å². The monoisotopic (exact) mass is 624 g/mol. The predicted molar refractivity (Wildman–Crippen MR) is 181 cm³/mol. The van der Waals surface area contributed by atoms with Crippen LogP contribution in [0.25, 0.3) is 0 Å². The van der Waals surface area contributed by atoms with Crippen molar-refractivity contribution in [3.8, 4) is 11.8 Å². The molecular weight excluding hydrogens is 568 g/mol. The number of esters is 1. The SMILES string of the molecule is C=C1CC(O[Si](C)(C)C(C)(C)C)C=CC[C@@H]([C@H](C=C[C@@H]2CC(C)=CCO2)OC)OC(=O)C#CC[C@@H]2C=CC[C@@H](C[C@@H](C)C1)O2. The molecule has 0 saturated heterocycles. The fraction of sp³-hybridized carbons (Fsp3) is 0.649. The number of ether oxygens (including phenoxy) is 4. The number of rotatable bonds is 6. The van der Waals surface area contributed by atoms with Gasteiger partial charge in [0.05, 0.1) is 31.0 Å². The maximum Gasteiger partial charge on any atom is 0.384 e. The molecule has 2 bridgehead atoms. The fourth-order valence-corrected chi connectivity index (χ4v) is 6.86. The minimum Gasteiger partial charge on any atom is -0.449 e. The molecule has 3 heterocycles. The van der Waals surface area contributed by atoms with E-state index in [9.17, 15) is 4.79 Å². The summed E-state index contributed by atoms with van der Waals surface area (Å²) in [5.41, 5.74) is 2.48. The molecule has 0 aromatic rings. The number of methoxy groups -OCH3 is 1. The quantitative estimate of drug-likeness (QED) is 0.0981. The van der Waals surface area contributed by atoms with Crippen LogP contribution in [0, 0.1) is 17.8 Å². The highest BCUT2D eigenvalue weighted by molar-refractivity contribution is 6.74. The third-order valence-electron chi connectivity index (χ3n) is 9.05. The van der Waals surface area contributed by atoms with Crippen LogP contribution >= 0.6 is 0 Å². The first kappa shape index (κ1) is 36.3. The molecule has 0 N–H and O–H groups in total. The molecule has 6 nitrogen and oxygen atoms in total. The van der Waals surface area contributed by atoms with Crippen LogP contribution in [0.5, 0.6) is 0 Å². The molecular formula is C37H56O6Si. The second-order valence-electron chi connectivity index (χ2n) is 14.2. The predicted octanol–water partition coefficient (Wildman–Crippen LogP) is 8.02. The zero-order valence-corrected chi connectivity index (χ0v) is 29.4. The van der Waals surface area contributed by atoms with Crippen LogP contribution in [0.15, 0.2) is 60.3 Å². The van der Waals surface area contributed by atoms with Crippen molar-refractivity contribution in [2.45, 2.75) is 134 Å². The van der Waals surface area contributed by atoms with Crippen LogP contribution in [-0.4, -0.2) is 64.6 Å². The van der Waals surface area contributed by atoms with E-state index < -0.39 is 26.5 Å². The van der Waals surface area contributed by atoms with Crippen molar-refractivity contribution in [2.24, 2.45) is 5.92 Å². The molecule has 3 aliphatic rings. The van der Waals surface area contributed by atoms with Crippen molar-refractivity contribution in [1.29, 1.82) is 0 Å². The number of hydrogen-bond acceptors (Lipinski definition) is 6. The standard InChI is InChI=1S/C37H56O6Si/c1-27-21-22-40-31(24-27)19-20-34(39-7)35-17-11-16-33(43-44(8,9)37(4,5)6)26-29(3)23-28(2)25-32-15-10-13-30(41-32)14-12-18-36(38)42-35/h10-11,13,16,19-21,28,30-35H,3,14-15,17,22-26H2,1-2,4-9H3/t28-,30-,31+,32-,33?,34-,35-/m0/s1. The summed E-state index contributed by atoms with van der Waals surface area (Å²) >= 11 is 0. The van der Waals surface area contributed by atoms with Crippen molar-refractivity contribution in [3.63, 3.8) is 0 Å². The first-order chi connectivity index (χ1) is 20.8. The van der Waals surface area contributed by atoms with Gasteiger partial charge in [-0.2, -0.15) is 0 Å². The largest absolute Gasteiger partial charge is 0.449 e. The minimum atomic E-state index is -2.06. The molecule has 7 atom stereocenters. The number of hydrogen-bond donors (Lipinski definition) is 0. The maximum atomic E-state index is 13.0. The number of fused-ring (bicyclic) bond motifs is 2. The number of cyclic esters (lactones) is 1. The van der Waals surface area contributed by atoms with E-state index in [1.165, 1.54) is 11.1 Å². The average molecular weight is 625 g/mol. The molecule has 3 rings (SSSR count). The van der Waals surface area contributed by atoms with Gasteiger partial charge in [-0.3, -0.25) is 0 Å². The highest BCUT2D eigenvalue weighted by Gasteiger charge is 2.39. The van der Waals surface area contributed by atoms with E-state index in [2.05, 4.69) is 90.4 Å². The summed E-state index contributed by atoms with van der Waals surface area (Å²) < 4.78 is 30.9. The zero-order valence-electron chi connectivity index (χ0n) is 28.4. The molecule has 3 aliphatic heterocycles. The van der Waals surface area contributed by atoms with E-state index >= 15 is 0 Å². The smallest absolute Gasteiger partial charge is 0.384 e. The molecule has 0 aliphatic carbocycles. The fourth-order valence-electron chi connectivity index (χ4n) is 5.58. The van der Waals surface area contributed by atoms with Gasteiger partial charge >= 0.3 is 5.97 Å². The third-order valence-corrected chi connectivity index (χ3v) is 13.6. The van der Waals surface area contributed by atoms with Crippen LogP contribution in [0.4, 0.5) is 0 Å². The molecule has 244 valence electrons. The second kappa shape index (κ2) is 16.9. The molecule has 0 spiro atoms. The van der Waals surface area contributed by atoms with E-state index in [4.69, 9.17) is 23.4 Å². The molecule has 0 fully saturated rings. The van der Waals surface area contributed by atoms with Gasteiger partial charge in [-0.1, -0.05) is 93.9 Å². The molecule has 0 saturated carbocycles. The van der Waals surface area contributed by atoms with Crippen molar-refractivity contribution < 1.29 is 28.2 Å². The van der Waals surface area contributed by atoms with E-state index in [0.29, 0.717) is 25.4 Å². The summed E-state index contributed by atoms with van der Waals surface area (Å²) in [6.45, 7) is 20.8. The van der Waals surface area contributed by atoms with Gasteiger partial charge in [-0.05, 0) is 63.1 Å². The highest BCUT2D eigenvalue weighted by Crippen LogP contribution is 2.38. The Bertz CT molecular complexity index is 1150. The number of carbonyl (C=O) groups is 1. The van der Waals surface area contributed by atoms with Crippen molar-refractivity contribution in [3.05, 3.63) is 60.3 Å². The first-order valence-corrected chi connectivity index (χ1v) is 19.2. The first-order valence-electron chi connectivity index (χ1n) is 16.3. The van der Waals surface area contributed by atoms with Gasteiger partial charge in [0.15, 0.2) is 8.32 Å². The van der Waals surface area contributed by atoms with Gasteiger partial charge < -0.3 is 23.4 Å². The summed E-state index contributed by atoms with van der Waals surface area (Å²) in [6.07, 6.45) is 18.5. The van der Waals surface area contributed by atoms with E-state index in [-0.39, 0.29) is 29.5 Å². The Morgan fingerprint density at radius 2 is 1.89 bits per heavy atom. The van der Waals surface area contributed by atoms with Crippen molar-refractivity contribution in [1.82, 2.24) is 0 Å². The average Bonchev–Trinajstić information content (AvgIpc) is 2.92. The highest BCUT2D eigenvalue weighted by atomic mass is 28.4. The summed E-state index contributed by atoms with van der Waals surface area (Å²) in [7, 11) is -0.430. The van der Waals surface area contributed by atoms with Gasteiger partial charge in [0.25, 0.3) is 0 Å². The molecule has 44 heavy (non-hydrogen) atoms. The van der Waals surface area contributed by atoms with Crippen molar-refractivity contribution in [2.75, 3.05) is 13.7 Å². The maximum absolute atomic E-state index is 13.0.